The molecule has 20 heavy (non-hydrogen) atoms. The normalized spacial score (nSPS) is 11.3. The third-order valence-corrected chi connectivity index (χ3v) is 4.30. The Labute approximate surface area is 120 Å². The summed E-state index contributed by atoms with van der Waals surface area (Å²) in [5.41, 5.74) is 5.77. The first-order valence-electron chi connectivity index (χ1n) is 5.50. The predicted molar refractivity (Wildman–Crippen MR) is 75.6 cm³/mol. The number of nitrogens with one attached hydrogen (secondary N) is 1. The molecule has 0 saturated carbocycles. The Morgan fingerprint density at radius 1 is 1.40 bits per heavy atom. The van der Waals surface area contributed by atoms with Crippen LogP contribution in [0.5, 0.6) is 0 Å². The van der Waals surface area contributed by atoms with Crippen molar-refractivity contribution in [3.05, 3.63) is 46.9 Å². The maximum absolute atomic E-state index is 13.4. The zero-order valence-corrected chi connectivity index (χ0v) is 12.0. The van der Waals surface area contributed by atoms with Crippen molar-refractivity contribution in [2.24, 2.45) is 0 Å². The number of halogens is 2. The standard InChI is InChI=1S/C12H11ClFN3O2S/c1-7-10(14)3-2-4-11(7)17-20(18,19)8-5-9(13)12(15)16-6-8/h2-6,17H,1H3,(H2,15,16). The number of rotatable bonds is 3. The second-order valence-corrected chi connectivity index (χ2v) is 6.15. The van der Waals surface area contributed by atoms with Gasteiger partial charge in [-0.1, -0.05) is 17.7 Å². The van der Waals surface area contributed by atoms with Crippen molar-refractivity contribution in [1.29, 1.82) is 0 Å². The summed E-state index contributed by atoms with van der Waals surface area (Å²) in [4.78, 5) is 3.53. The molecule has 0 radical (unpaired) electrons. The van der Waals surface area contributed by atoms with E-state index in [0.29, 0.717) is 0 Å². The third kappa shape index (κ3) is 2.83. The molecule has 0 atom stereocenters. The van der Waals surface area contributed by atoms with Gasteiger partial charge in [0.1, 0.15) is 16.5 Å². The van der Waals surface area contributed by atoms with Gasteiger partial charge in [0.25, 0.3) is 10.0 Å². The third-order valence-electron chi connectivity index (χ3n) is 2.67. The van der Waals surface area contributed by atoms with E-state index < -0.39 is 15.8 Å². The highest BCUT2D eigenvalue weighted by atomic mass is 35.5. The lowest BCUT2D eigenvalue weighted by Crippen LogP contribution is -2.14. The summed E-state index contributed by atoms with van der Waals surface area (Å²) in [7, 11) is -3.91. The van der Waals surface area contributed by atoms with Gasteiger partial charge in [0.2, 0.25) is 0 Å². The summed E-state index contributed by atoms with van der Waals surface area (Å²) >= 11 is 5.74. The van der Waals surface area contributed by atoms with Crippen LogP contribution in [0.4, 0.5) is 15.9 Å². The number of nitrogens with two attached hydrogens (primary N) is 1. The van der Waals surface area contributed by atoms with Gasteiger partial charge in [-0.3, -0.25) is 4.72 Å². The Balaban J connectivity index is 2.41. The molecule has 1 aromatic carbocycles. The van der Waals surface area contributed by atoms with Gasteiger partial charge in [-0.15, -0.1) is 0 Å². The minimum Gasteiger partial charge on any atom is -0.382 e. The number of nitrogens with zero attached hydrogens (tertiary/aromatic N) is 1. The first-order chi connectivity index (χ1) is 9.31. The van der Waals surface area contributed by atoms with Crippen LogP contribution in [0, 0.1) is 12.7 Å². The number of pyridine rings is 1. The van der Waals surface area contributed by atoms with Crippen LogP contribution in [-0.4, -0.2) is 13.4 Å². The lowest BCUT2D eigenvalue weighted by molar-refractivity contribution is 0.600. The molecular formula is C12H11ClFN3O2S. The minimum atomic E-state index is -3.91. The zero-order chi connectivity index (χ0) is 14.9. The topological polar surface area (TPSA) is 85.1 Å². The SMILES string of the molecule is Cc1c(F)cccc1NS(=O)(=O)c1cnc(N)c(Cl)c1. The van der Waals surface area contributed by atoms with E-state index in [-0.39, 0.29) is 27.0 Å². The van der Waals surface area contributed by atoms with Crippen LogP contribution in [0.25, 0.3) is 0 Å². The molecule has 0 bridgehead atoms. The molecule has 0 amide bonds. The summed E-state index contributed by atoms with van der Waals surface area (Å²) in [5.74, 6) is -0.466. The molecule has 1 heterocycles. The van der Waals surface area contributed by atoms with E-state index in [4.69, 9.17) is 17.3 Å². The lowest BCUT2D eigenvalue weighted by atomic mass is 10.2. The fourth-order valence-electron chi connectivity index (χ4n) is 1.50. The molecule has 2 aromatic rings. The van der Waals surface area contributed by atoms with E-state index in [9.17, 15) is 12.8 Å². The smallest absolute Gasteiger partial charge is 0.263 e. The summed E-state index contributed by atoms with van der Waals surface area (Å²) in [6.07, 6.45) is 1.08. The van der Waals surface area contributed by atoms with Gasteiger partial charge >= 0.3 is 0 Å². The number of nitrogen functional groups attached to an aromatic ring is 1. The molecule has 5 nitrogen and oxygen atoms in total. The van der Waals surface area contributed by atoms with Crippen molar-refractivity contribution in [3.8, 4) is 0 Å². The van der Waals surface area contributed by atoms with Crippen molar-refractivity contribution in [2.45, 2.75) is 11.8 Å². The molecule has 2 rings (SSSR count). The number of hydrogen-bond donors (Lipinski definition) is 2. The molecule has 106 valence electrons. The van der Waals surface area contributed by atoms with Crippen molar-refractivity contribution < 1.29 is 12.8 Å². The van der Waals surface area contributed by atoms with Crippen LogP contribution in [0.3, 0.4) is 0 Å². The molecule has 0 aliphatic heterocycles. The Bertz CT molecular complexity index is 765. The van der Waals surface area contributed by atoms with Gasteiger partial charge in [-0.2, -0.15) is 0 Å². The lowest BCUT2D eigenvalue weighted by Gasteiger charge is -2.11. The Morgan fingerprint density at radius 3 is 2.75 bits per heavy atom. The van der Waals surface area contributed by atoms with Crippen molar-refractivity contribution >= 4 is 33.1 Å². The van der Waals surface area contributed by atoms with E-state index in [1.54, 1.807) is 0 Å². The van der Waals surface area contributed by atoms with Gasteiger partial charge < -0.3 is 5.73 Å². The summed E-state index contributed by atoms with van der Waals surface area (Å²) in [6, 6.07) is 5.30. The average molecular weight is 316 g/mol. The van der Waals surface area contributed by atoms with E-state index in [1.165, 1.54) is 31.2 Å². The first kappa shape index (κ1) is 14.5. The molecular weight excluding hydrogens is 305 g/mol. The highest BCUT2D eigenvalue weighted by Crippen LogP contribution is 2.24. The first-order valence-corrected chi connectivity index (χ1v) is 7.36. The van der Waals surface area contributed by atoms with E-state index >= 15 is 0 Å². The van der Waals surface area contributed by atoms with Crippen molar-refractivity contribution in [1.82, 2.24) is 4.98 Å². The van der Waals surface area contributed by atoms with Crippen LogP contribution < -0.4 is 10.5 Å². The van der Waals surface area contributed by atoms with Crippen LogP contribution in [-0.2, 0) is 10.0 Å². The van der Waals surface area contributed by atoms with Crippen LogP contribution in [0.15, 0.2) is 35.4 Å². The summed E-state index contributed by atoms with van der Waals surface area (Å²) < 4.78 is 40.0. The van der Waals surface area contributed by atoms with E-state index in [2.05, 4.69) is 9.71 Å². The molecule has 0 spiro atoms. The molecule has 0 fully saturated rings. The molecule has 3 N–H and O–H groups in total. The average Bonchev–Trinajstić information content (AvgIpc) is 2.38. The number of anilines is 2. The van der Waals surface area contributed by atoms with E-state index in [1.807, 2.05) is 0 Å². The second-order valence-electron chi connectivity index (χ2n) is 4.06. The quantitative estimate of drug-likeness (QED) is 0.911. The van der Waals surface area contributed by atoms with Gasteiger partial charge in [0.15, 0.2) is 0 Å². The molecule has 0 unspecified atom stereocenters. The van der Waals surface area contributed by atoms with E-state index in [0.717, 1.165) is 6.20 Å². The summed E-state index contributed by atoms with van der Waals surface area (Å²) in [6.45, 7) is 1.47. The number of benzene rings is 1. The minimum absolute atomic E-state index is 0.0313. The summed E-state index contributed by atoms with van der Waals surface area (Å²) in [5, 5.41) is 0.0313. The number of aromatic nitrogens is 1. The Morgan fingerprint density at radius 2 is 2.10 bits per heavy atom. The van der Waals surface area contributed by atoms with Crippen LogP contribution in [0.2, 0.25) is 5.02 Å². The molecule has 8 heteroatoms. The monoisotopic (exact) mass is 315 g/mol. The Kier molecular flexibility index (Phi) is 3.82. The highest BCUT2D eigenvalue weighted by molar-refractivity contribution is 7.92. The van der Waals surface area contributed by atoms with Gasteiger partial charge in [0, 0.05) is 11.8 Å². The van der Waals surface area contributed by atoms with Crippen LogP contribution >= 0.6 is 11.6 Å². The molecule has 1 aromatic heterocycles. The van der Waals surface area contributed by atoms with Crippen molar-refractivity contribution in [3.63, 3.8) is 0 Å². The van der Waals surface area contributed by atoms with Gasteiger partial charge in [-0.05, 0) is 25.1 Å². The second kappa shape index (κ2) is 5.26. The number of hydrogen-bond acceptors (Lipinski definition) is 4. The fraction of sp³-hybridized carbons (Fsp3) is 0.0833. The van der Waals surface area contributed by atoms with Crippen LogP contribution in [0.1, 0.15) is 5.56 Å². The maximum atomic E-state index is 13.4. The number of sulfonamides is 1. The molecule has 0 aliphatic carbocycles. The van der Waals surface area contributed by atoms with Gasteiger partial charge in [0.05, 0.1) is 10.7 Å². The maximum Gasteiger partial charge on any atom is 0.263 e. The largest absolute Gasteiger partial charge is 0.382 e. The molecule has 0 saturated heterocycles. The highest BCUT2D eigenvalue weighted by Gasteiger charge is 2.18. The predicted octanol–water partition coefficient (Wildman–Crippen LogP) is 2.57. The van der Waals surface area contributed by atoms with Gasteiger partial charge in [-0.25, -0.2) is 17.8 Å². The Hall–Kier alpha value is -1.86. The van der Waals surface area contributed by atoms with Crippen molar-refractivity contribution in [2.75, 3.05) is 10.5 Å². The fourth-order valence-corrected chi connectivity index (χ4v) is 2.82. The zero-order valence-electron chi connectivity index (χ0n) is 10.4. The molecule has 0 aliphatic rings.